The molecule has 1 aliphatic carbocycles. The van der Waals surface area contributed by atoms with Crippen molar-refractivity contribution in [1.82, 2.24) is 15.0 Å². The van der Waals surface area contributed by atoms with Crippen molar-refractivity contribution in [3.8, 4) is 0 Å². The highest BCUT2D eigenvalue weighted by Gasteiger charge is 2.33. The second-order valence-electron chi connectivity index (χ2n) is 3.95. The molecule has 4 nitrogen and oxygen atoms in total. The molecule has 2 unspecified atom stereocenters. The van der Waals surface area contributed by atoms with E-state index in [0.717, 1.165) is 18.5 Å². The summed E-state index contributed by atoms with van der Waals surface area (Å²) >= 11 is 0. The van der Waals surface area contributed by atoms with Crippen LogP contribution in [0.1, 0.15) is 44.3 Å². The van der Waals surface area contributed by atoms with E-state index in [1.807, 2.05) is 4.68 Å². The molecule has 1 saturated carbocycles. The zero-order valence-corrected chi connectivity index (χ0v) is 8.01. The van der Waals surface area contributed by atoms with E-state index in [2.05, 4.69) is 24.2 Å². The largest absolute Gasteiger partial charge is 0.392 e. The molecule has 13 heavy (non-hydrogen) atoms. The Bertz CT molecular complexity index is 295. The zero-order chi connectivity index (χ0) is 9.42. The molecule has 0 saturated heterocycles. The maximum Gasteiger partial charge on any atom is 0.0729 e. The first-order valence-electron chi connectivity index (χ1n) is 4.78. The minimum Gasteiger partial charge on any atom is -0.392 e. The highest BCUT2D eigenvalue weighted by Crippen LogP contribution is 2.36. The number of hydrogen-bond acceptors (Lipinski definition) is 3. The molecule has 0 bridgehead atoms. The molecule has 1 fully saturated rings. The van der Waals surface area contributed by atoms with Crippen molar-refractivity contribution in [2.45, 2.75) is 44.8 Å². The van der Waals surface area contributed by atoms with Crippen molar-refractivity contribution in [3.05, 3.63) is 11.9 Å². The maximum atomic E-state index is 9.52. The summed E-state index contributed by atoms with van der Waals surface area (Å²) in [6, 6.07) is 0.324. The van der Waals surface area contributed by atoms with E-state index >= 15 is 0 Å². The molecule has 0 radical (unpaired) electrons. The molecular weight excluding hydrogens is 166 g/mol. The van der Waals surface area contributed by atoms with Gasteiger partial charge in [-0.05, 0) is 26.7 Å². The van der Waals surface area contributed by atoms with Crippen molar-refractivity contribution in [2.75, 3.05) is 0 Å². The molecule has 0 aromatic carbocycles. The minimum atomic E-state index is -0.184. The monoisotopic (exact) mass is 181 g/mol. The smallest absolute Gasteiger partial charge is 0.0729 e. The van der Waals surface area contributed by atoms with Crippen LogP contribution in [-0.4, -0.2) is 26.2 Å². The van der Waals surface area contributed by atoms with Crippen LogP contribution in [0.25, 0.3) is 0 Å². The van der Waals surface area contributed by atoms with E-state index < -0.39 is 0 Å². The minimum absolute atomic E-state index is 0.184. The molecule has 0 aliphatic heterocycles. The molecule has 1 aromatic rings. The van der Waals surface area contributed by atoms with Gasteiger partial charge in [-0.15, -0.1) is 5.10 Å². The Kier molecular flexibility index (Phi) is 2.07. The Morgan fingerprint density at radius 3 is 2.77 bits per heavy atom. The van der Waals surface area contributed by atoms with Gasteiger partial charge in [0.15, 0.2) is 0 Å². The Balaban J connectivity index is 2.24. The zero-order valence-electron chi connectivity index (χ0n) is 8.01. The van der Waals surface area contributed by atoms with Gasteiger partial charge in [0.2, 0.25) is 0 Å². The Labute approximate surface area is 77.6 Å². The second kappa shape index (κ2) is 3.10. The molecule has 1 aliphatic rings. The van der Waals surface area contributed by atoms with Crippen molar-refractivity contribution in [3.63, 3.8) is 0 Å². The lowest BCUT2D eigenvalue weighted by atomic mass is 9.80. The summed E-state index contributed by atoms with van der Waals surface area (Å²) in [5.41, 5.74) is 1.08. The molecule has 1 N–H and O–H groups in total. The third-order valence-electron chi connectivity index (χ3n) is 2.71. The number of aliphatic hydroxyl groups excluding tert-OH is 1. The lowest BCUT2D eigenvalue weighted by Gasteiger charge is -2.32. The van der Waals surface area contributed by atoms with Gasteiger partial charge in [-0.2, -0.15) is 0 Å². The maximum absolute atomic E-state index is 9.52. The van der Waals surface area contributed by atoms with Crippen LogP contribution < -0.4 is 0 Å². The van der Waals surface area contributed by atoms with Crippen LogP contribution in [0, 0.1) is 0 Å². The third kappa shape index (κ3) is 1.35. The fourth-order valence-corrected chi connectivity index (χ4v) is 1.75. The summed E-state index contributed by atoms with van der Waals surface area (Å²) in [5.74, 6) is 0.261. The van der Waals surface area contributed by atoms with E-state index in [1.54, 1.807) is 6.20 Å². The standard InChI is InChI=1S/C9H15N3O/c1-6(2)12-8(5-10-11-12)7-3-4-9(7)13/h5-7,9,13H,3-4H2,1-2H3. The molecule has 1 heterocycles. The summed E-state index contributed by atoms with van der Waals surface area (Å²) < 4.78 is 1.90. The fraction of sp³-hybridized carbons (Fsp3) is 0.778. The first-order valence-corrected chi connectivity index (χ1v) is 4.78. The third-order valence-corrected chi connectivity index (χ3v) is 2.71. The van der Waals surface area contributed by atoms with Gasteiger partial charge in [0.1, 0.15) is 0 Å². The average Bonchev–Trinajstić information content (AvgIpc) is 2.50. The van der Waals surface area contributed by atoms with Gasteiger partial charge >= 0.3 is 0 Å². The average molecular weight is 181 g/mol. The number of aliphatic hydroxyl groups is 1. The van der Waals surface area contributed by atoms with Gasteiger partial charge in [0.25, 0.3) is 0 Å². The lowest BCUT2D eigenvalue weighted by molar-refractivity contribution is 0.0614. The van der Waals surface area contributed by atoms with E-state index in [1.165, 1.54) is 0 Å². The van der Waals surface area contributed by atoms with Crippen LogP contribution in [0.3, 0.4) is 0 Å². The molecule has 2 atom stereocenters. The van der Waals surface area contributed by atoms with Gasteiger partial charge in [-0.1, -0.05) is 5.21 Å². The van der Waals surface area contributed by atoms with Crippen molar-refractivity contribution in [1.29, 1.82) is 0 Å². The lowest BCUT2D eigenvalue weighted by Crippen LogP contribution is -2.31. The summed E-state index contributed by atoms with van der Waals surface area (Å²) in [5, 5.41) is 17.4. The van der Waals surface area contributed by atoms with Crippen molar-refractivity contribution < 1.29 is 5.11 Å². The van der Waals surface area contributed by atoms with Gasteiger partial charge in [-0.25, -0.2) is 4.68 Å². The van der Waals surface area contributed by atoms with Gasteiger partial charge < -0.3 is 5.11 Å². The molecular formula is C9H15N3O. The first-order chi connectivity index (χ1) is 6.20. The first kappa shape index (κ1) is 8.69. The van der Waals surface area contributed by atoms with Crippen LogP contribution in [0.5, 0.6) is 0 Å². The number of rotatable bonds is 2. The predicted octanol–water partition coefficient (Wildman–Crippen LogP) is 1.10. The molecule has 0 spiro atoms. The van der Waals surface area contributed by atoms with Crippen LogP contribution in [0.4, 0.5) is 0 Å². The van der Waals surface area contributed by atoms with Crippen LogP contribution in [0.2, 0.25) is 0 Å². The fourth-order valence-electron chi connectivity index (χ4n) is 1.75. The molecule has 4 heteroatoms. The van der Waals surface area contributed by atoms with Gasteiger partial charge in [0, 0.05) is 12.0 Å². The topological polar surface area (TPSA) is 50.9 Å². The van der Waals surface area contributed by atoms with Gasteiger partial charge in [-0.3, -0.25) is 0 Å². The Morgan fingerprint density at radius 2 is 2.31 bits per heavy atom. The van der Waals surface area contributed by atoms with Crippen molar-refractivity contribution >= 4 is 0 Å². The predicted molar refractivity (Wildman–Crippen MR) is 48.4 cm³/mol. The van der Waals surface area contributed by atoms with Crippen molar-refractivity contribution in [2.24, 2.45) is 0 Å². The van der Waals surface area contributed by atoms with Crippen LogP contribution in [-0.2, 0) is 0 Å². The highest BCUT2D eigenvalue weighted by molar-refractivity contribution is 5.11. The Hall–Kier alpha value is -0.900. The second-order valence-corrected chi connectivity index (χ2v) is 3.95. The Morgan fingerprint density at radius 1 is 1.54 bits per heavy atom. The van der Waals surface area contributed by atoms with E-state index in [4.69, 9.17) is 0 Å². The molecule has 0 amide bonds. The summed E-state index contributed by atoms with van der Waals surface area (Å²) in [4.78, 5) is 0. The normalized spacial score (nSPS) is 27.7. The van der Waals surface area contributed by atoms with E-state index in [-0.39, 0.29) is 12.0 Å². The van der Waals surface area contributed by atoms with Gasteiger partial charge in [0.05, 0.1) is 18.0 Å². The van der Waals surface area contributed by atoms with E-state index in [9.17, 15) is 5.11 Å². The highest BCUT2D eigenvalue weighted by atomic mass is 16.3. The molecule has 72 valence electrons. The quantitative estimate of drug-likeness (QED) is 0.743. The molecule has 2 rings (SSSR count). The summed E-state index contributed by atoms with van der Waals surface area (Å²) in [7, 11) is 0. The number of nitrogens with zero attached hydrogens (tertiary/aromatic N) is 3. The molecule has 1 aromatic heterocycles. The van der Waals surface area contributed by atoms with E-state index in [0.29, 0.717) is 6.04 Å². The number of hydrogen-bond donors (Lipinski definition) is 1. The SMILES string of the molecule is CC(C)n1nncc1C1CCC1O. The summed E-state index contributed by atoms with van der Waals surface area (Å²) in [6.07, 6.45) is 3.55. The number of aromatic nitrogens is 3. The van der Waals surface area contributed by atoms with Crippen LogP contribution in [0.15, 0.2) is 6.20 Å². The van der Waals surface area contributed by atoms with Crippen LogP contribution >= 0.6 is 0 Å². The summed E-state index contributed by atoms with van der Waals surface area (Å²) in [6.45, 7) is 4.15.